The zero-order valence-corrected chi connectivity index (χ0v) is 12.3. The van der Waals surface area contributed by atoms with E-state index in [0.717, 1.165) is 11.8 Å². The SMILES string of the molecule is COC(=O)c1cc2cc(C(F)S(=O)(=O)OC)ccc2s1. The number of alkyl halides is 1. The highest BCUT2D eigenvalue weighted by atomic mass is 32.2. The van der Waals surface area contributed by atoms with Crippen LogP contribution in [0, 0.1) is 0 Å². The molecule has 0 fully saturated rings. The van der Waals surface area contributed by atoms with E-state index in [1.165, 1.54) is 36.6 Å². The van der Waals surface area contributed by atoms with E-state index >= 15 is 0 Å². The van der Waals surface area contributed by atoms with Crippen molar-refractivity contribution < 1.29 is 26.5 Å². The molecule has 0 bridgehead atoms. The van der Waals surface area contributed by atoms with Crippen LogP contribution in [0.25, 0.3) is 10.1 Å². The molecule has 0 aliphatic carbocycles. The molecule has 1 atom stereocenters. The molecule has 0 radical (unpaired) electrons. The zero-order chi connectivity index (χ0) is 14.9. The van der Waals surface area contributed by atoms with Crippen LogP contribution in [0.15, 0.2) is 24.3 Å². The van der Waals surface area contributed by atoms with Gasteiger partial charge in [0.1, 0.15) is 4.88 Å². The zero-order valence-electron chi connectivity index (χ0n) is 10.6. The van der Waals surface area contributed by atoms with Crippen molar-refractivity contribution in [3.8, 4) is 0 Å². The number of methoxy groups -OCH3 is 1. The molecule has 0 N–H and O–H groups in total. The molecule has 2 aromatic rings. The largest absolute Gasteiger partial charge is 0.465 e. The summed E-state index contributed by atoms with van der Waals surface area (Å²) in [5.41, 5.74) is -2.31. The number of thiophene rings is 1. The molecule has 0 saturated carbocycles. The molecule has 8 heteroatoms. The lowest BCUT2D eigenvalue weighted by Crippen LogP contribution is -2.10. The van der Waals surface area contributed by atoms with E-state index in [1.807, 2.05) is 0 Å². The summed E-state index contributed by atoms with van der Waals surface area (Å²) in [6.07, 6.45) is 0. The maximum atomic E-state index is 13.9. The molecule has 0 aliphatic rings. The third-order valence-corrected chi connectivity index (χ3v) is 5.01. The van der Waals surface area contributed by atoms with Crippen LogP contribution >= 0.6 is 11.3 Å². The van der Waals surface area contributed by atoms with Crippen molar-refractivity contribution in [3.05, 3.63) is 34.7 Å². The summed E-state index contributed by atoms with van der Waals surface area (Å²) in [6.45, 7) is 0. The lowest BCUT2D eigenvalue weighted by molar-refractivity contribution is 0.0606. The Kier molecular flexibility index (Phi) is 4.07. The quantitative estimate of drug-likeness (QED) is 0.640. The van der Waals surface area contributed by atoms with Crippen molar-refractivity contribution in [2.45, 2.75) is 5.50 Å². The predicted octanol–water partition coefficient (Wildman–Crippen LogP) is 2.63. The number of esters is 1. The van der Waals surface area contributed by atoms with Crippen molar-refractivity contribution in [2.24, 2.45) is 0 Å². The fraction of sp³-hybridized carbons (Fsp3) is 0.250. The van der Waals surface area contributed by atoms with E-state index in [2.05, 4.69) is 8.92 Å². The summed E-state index contributed by atoms with van der Waals surface area (Å²) in [7, 11) is -2.12. The molecule has 2 rings (SSSR count). The van der Waals surface area contributed by atoms with Gasteiger partial charge in [0.2, 0.25) is 0 Å². The third kappa shape index (κ3) is 2.67. The average Bonchev–Trinajstić information content (AvgIpc) is 2.88. The first-order chi connectivity index (χ1) is 9.39. The van der Waals surface area contributed by atoms with Crippen molar-refractivity contribution in [2.75, 3.05) is 14.2 Å². The Morgan fingerprint density at radius 3 is 2.60 bits per heavy atom. The lowest BCUT2D eigenvalue weighted by atomic mass is 10.2. The van der Waals surface area contributed by atoms with E-state index in [4.69, 9.17) is 0 Å². The lowest BCUT2D eigenvalue weighted by Gasteiger charge is -2.07. The Morgan fingerprint density at radius 1 is 1.30 bits per heavy atom. The smallest absolute Gasteiger partial charge is 0.348 e. The van der Waals surface area contributed by atoms with Crippen LogP contribution in [-0.2, 0) is 19.0 Å². The van der Waals surface area contributed by atoms with E-state index in [0.29, 0.717) is 10.3 Å². The Balaban J connectivity index is 2.46. The summed E-state index contributed by atoms with van der Waals surface area (Å²) in [5, 5.41) is 0.571. The van der Waals surface area contributed by atoms with Crippen molar-refractivity contribution >= 4 is 37.5 Å². The van der Waals surface area contributed by atoms with Crippen LogP contribution in [0.3, 0.4) is 0 Å². The van der Waals surface area contributed by atoms with Gasteiger partial charge in [-0.1, -0.05) is 6.07 Å². The van der Waals surface area contributed by atoms with Gasteiger partial charge in [-0.2, -0.15) is 8.42 Å². The Bertz CT molecular complexity index is 750. The number of fused-ring (bicyclic) bond motifs is 1. The van der Waals surface area contributed by atoms with Gasteiger partial charge < -0.3 is 4.74 Å². The molecular weight excluding hydrogens is 307 g/mol. The molecule has 0 spiro atoms. The second-order valence-corrected chi connectivity index (χ2v) is 6.69. The molecule has 0 amide bonds. The van der Waals surface area contributed by atoms with Crippen LogP contribution < -0.4 is 0 Å². The molecule has 0 saturated heterocycles. The number of halogens is 1. The Morgan fingerprint density at radius 2 is 2.00 bits per heavy atom. The number of carbonyl (C=O) groups is 1. The molecular formula is C12H11FO5S2. The summed E-state index contributed by atoms with van der Waals surface area (Å²) >= 11 is 1.19. The second kappa shape index (κ2) is 5.47. The van der Waals surface area contributed by atoms with Crippen molar-refractivity contribution in [3.63, 3.8) is 0 Å². The molecule has 0 aliphatic heterocycles. The van der Waals surface area contributed by atoms with Gasteiger partial charge in [0.05, 0.1) is 14.2 Å². The average molecular weight is 318 g/mol. The topological polar surface area (TPSA) is 69.7 Å². The van der Waals surface area contributed by atoms with Gasteiger partial charge in [-0.05, 0) is 23.6 Å². The fourth-order valence-electron chi connectivity index (χ4n) is 1.66. The standard InChI is InChI=1S/C12H11FO5S2/c1-17-12(14)10-6-8-5-7(3-4-9(8)19-10)11(13)20(15,16)18-2/h3-6,11H,1-2H3. The fourth-order valence-corrected chi connectivity index (χ4v) is 3.27. The van der Waals surface area contributed by atoms with E-state index in [-0.39, 0.29) is 5.56 Å². The van der Waals surface area contributed by atoms with Gasteiger partial charge >= 0.3 is 16.1 Å². The highest BCUT2D eigenvalue weighted by Gasteiger charge is 2.27. The van der Waals surface area contributed by atoms with Crippen molar-refractivity contribution in [1.29, 1.82) is 0 Å². The minimum Gasteiger partial charge on any atom is -0.465 e. The third-order valence-electron chi connectivity index (χ3n) is 2.67. The summed E-state index contributed by atoms with van der Waals surface area (Å²) in [4.78, 5) is 11.8. The van der Waals surface area contributed by atoms with Gasteiger partial charge in [-0.25, -0.2) is 9.18 Å². The number of benzene rings is 1. The molecule has 1 aromatic carbocycles. The molecule has 20 heavy (non-hydrogen) atoms. The highest BCUT2D eigenvalue weighted by molar-refractivity contribution is 7.86. The summed E-state index contributed by atoms with van der Waals surface area (Å²) in [6, 6.07) is 5.81. The number of rotatable bonds is 4. The van der Waals surface area contributed by atoms with Crippen LogP contribution in [0.1, 0.15) is 20.7 Å². The maximum Gasteiger partial charge on any atom is 0.348 e. The summed E-state index contributed by atoms with van der Waals surface area (Å²) < 4.78 is 46.0. The second-order valence-electron chi connectivity index (χ2n) is 3.88. The molecule has 108 valence electrons. The minimum absolute atomic E-state index is 0.0476. The molecule has 5 nitrogen and oxygen atoms in total. The van der Waals surface area contributed by atoms with E-state index in [1.54, 1.807) is 6.07 Å². The Labute approximate surface area is 119 Å². The summed E-state index contributed by atoms with van der Waals surface area (Å²) in [5.74, 6) is -0.492. The first kappa shape index (κ1) is 14.9. The number of carbonyl (C=O) groups excluding carboxylic acids is 1. The predicted molar refractivity (Wildman–Crippen MR) is 72.9 cm³/mol. The number of hydrogen-bond acceptors (Lipinski definition) is 6. The van der Waals surface area contributed by atoms with Crippen LogP contribution in [0.2, 0.25) is 0 Å². The van der Waals surface area contributed by atoms with Crippen LogP contribution in [-0.4, -0.2) is 28.6 Å². The number of hydrogen-bond donors (Lipinski definition) is 0. The van der Waals surface area contributed by atoms with Gasteiger partial charge in [0, 0.05) is 10.3 Å². The van der Waals surface area contributed by atoms with Gasteiger partial charge in [0.15, 0.2) is 0 Å². The van der Waals surface area contributed by atoms with Crippen LogP contribution in [0.4, 0.5) is 4.39 Å². The first-order valence-electron chi connectivity index (χ1n) is 5.44. The van der Waals surface area contributed by atoms with E-state index in [9.17, 15) is 17.6 Å². The minimum atomic E-state index is -4.29. The van der Waals surface area contributed by atoms with Gasteiger partial charge in [-0.3, -0.25) is 4.18 Å². The van der Waals surface area contributed by atoms with Crippen LogP contribution in [0.5, 0.6) is 0 Å². The maximum absolute atomic E-state index is 13.9. The monoisotopic (exact) mass is 318 g/mol. The highest BCUT2D eigenvalue weighted by Crippen LogP contribution is 2.32. The Hall–Kier alpha value is -1.51. The first-order valence-corrected chi connectivity index (χ1v) is 7.73. The van der Waals surface area contributed by atoms with E-state index < -0.39 is 21.6 Å². The molecule has 1 aromatic heterocycles. The molecule has 1 unspecified atom stereocenters. The van der Waals surface area contributed by atoms with Gasteiger partial charge in [-0.15, -0.1) is 11.3 Å². The number of ether oxygens (including phenoxy) is 1. The van der Waals surface area contributed by atoms with Crippen molar-refractivity contribution in [1.82, 2.24) is 0 Å². The molecule has 1 heterocycles. The normalized spacial score (nSPS) is 13.3. The van der Waals surface area contributed by atoms with Gasteiger partial charge in [0.25, 0.3) is 5.50 Å².